The van der Waals surface area contributed by atoms with Crippen LogP contribution in [0.1, 0.15) is 0 Å². The van der Waals surface area contributed by atoms with Crippen molar-refractivity contribution in [1.29, 1.82) is 0 Å². The number of hydrogen-bond donors (Lipinski definition) is 1. The molecule has 1 N–H and O–H groups in total. The van der Waals surface area contributed by atoms with Crippen molar-refractivity contribution in [3.05, 3.63) is 50.8 Å². The van der Waals surface area contributed by atoms with Gasteiger partial charge in [0.25, 0.3) is 5.56 Å². The summed E-state index contributed by atoms with van der Waals surface area (Å²) >= 11 is 0. The van der Waals surface area contributed by atoms with E-state index in [1.807, 2.05) is 0 Å². The maximum absolute atomic E-state index is 11.1. The lowest BCUT2D eigenvalue weighted by Gasteiger charge is -1.97. The van der Waals surface area contributed by atoms with Crippen LogP contribution in [0.4, 0.5) is 5.69 Å². The van der Waals surface area contributed by atoms with Crippen LogP contribution in [-0.2, 0) is 0 Å². The topological polar surface area (TPSA) is 93.3 Å². The molecule has 0 radical (unpaired) electrons. The first-order chi connectivity index (χ1) is 7.59. The molecule has 0 aliphatic carbocycles. The summed E-state index contributed by atoms with van der Waals surface area (Å²) < 4.78 is 0. The number of phenols is 1. The number of phenolic OH excluding ortho intramolecular Hbond substituents is 1. The molecule has 6 heteroatoms. The fraction of sp³-hybridized carbons (Fsp3) is 0. The van der Waals surface area contributed by atoms with Gasteiger partial charge in [0.15, 0.2) is 0 Å². The van der Waals surface area contributed by atoms with Crippen molar-refractivity contribution in [3.8, 4) is 5.75 Å². The highest BCUT2D eigenvalue weighted by Crippen LogP contribution is 2.32. The van der Waals surface area contributed by atoms with Gasteiger partial charge in [0.05, 0.1) is 10.4 Å². The van der Waals surface area contributed by atoms with Crippen LogP contribution >= 0.6 is 0 Å². The van der Waals surface area contributed by atoms with Crippen LogP contribution < -0.4 is 5.56 Å². The van der Waals surface area contributed by atoms with Gasteiger partial charge in [-0.05, 0) is 12.1 Å². The van der Waals surface area contributed by atoms with Gasteiger partial charge in [-0.3, -0.25) is 14.9 Å². The Hall–Kier alpha value is -2.50. The molecule has 0 spiro atoms. The minimum absolute atomic E-state index is 0.177. The van der Waals surface area contributed by atoms with Gasteiger partial charge < -0.3 is 5.11 Å². The van der Waals surface area contributed by atoms with E-state index < -0.39 is 21.9 Å². The predicted molar refractivity (Wildman–Crippen MR) is 56.3 cm³/mol. The fourth-order valence-corrected chi connectivity index (χ4v) is 1.38. The summed E-state index contributed by atoms with van der Waals surface area (Å²) in [5.74, 6) is -0.481. The van der Waals surface area contributed by atoms with Crippen LogP contribution in [0.3, 0.4) is 0 Å². The average Bonchev–Trinajstić information content (AvgIpc) is 2.39. The van der Waals surface area contributed by atoms with E-state index in [1.165, 1.54) is 24.3 Å². The third-order valence-electron chi connectivity index (χ3n) is 2.10. The zero-order chi connectivity index (χ0) is 11.7. The minimum atomic E-state index is -0.695. The first-order valence-corrected chi connectivity index (χ1v) is 4.37. The molecule has 1 aromatic heterocycles. The summed E-state index contributed by atoms with van der Waals surface area (Å²) in [7, 11) is 0. The quantitative estimate of drug-likeness (QED) is 0.573. The van der Waals surface area contributed by atoms with Gasteiger partial charge >= 0.3 is 5.69 Å². The van der Waals surface area contributed by atoms with Gasteiger partial charge in [0, 0.05) is 17.5 Å². The third-order valence-corrected chi connectivity index (χ3v) is 2.10. The normalized spacial score (nSPS) is 10.2. The summed E-state index contributed by atoms with van der Waals surface area (Å²) in [6, 6.07) is 6.46. The highest BCUT2D eigenvalue weighted by atomic mass is 16.6. The highest BCUT2D eigenvalue weighted by molar-refractivity contribution is 5.88. The van der Waals surface area contributed by atoms with Crippen molar-refractivity contribution in [2.45, 2.75) is 0 Å². The number of nitro benzene ring substituents is 1. The molecule has 1 aromatic carbocycles. The first kappa shape index (κ1) is 10.0. The molecule has 80 valence electrons. The lowest BCUT2D eigenvalue weighted by Crippen LogP contribution is -1.98. The first-order valence-electron chi connectivity index (χ1n) is 4.37. The number of benzene rings is 1. The molecule has 0 saturated carbocycles. The van der Waals surface area contributed by atoms with Gasteiger partial charge in [-0.1, -0.05) is 6.07 Å². The SMILES string of the molecule is O=c1cccc2c(O)c([N+](=O)[O-])ccc2n1. The van der Waals surface area contributed by atoms with Gasteiger partial charge in [0.2, 0.25) is 5.75 Å². The number of aromatic nitrogens is 1. The van der Waals surface area contributed by atoms with E-state index in [-0.39, 0.29) is 10.9 Å². The molecule has 0 atom stereocenters. The number of rotatable bonds is 1. The highest BCUT2D eigenvalue weighted by Gasteiger charge is 2.15. The largest absolute Gasteiger partial charge is 0.502 e. The molecule has 16 heavy (non-hydrogen) atoms. The standard InChI is InChI=1S/C10H6N2O4/c13-9-3-1-2-6-7(11-9)4-5-8(10(6)14)12(15)16/h1-5,14H. The lowest BCUT2D eigenvalue weighted by molar-refractivity contribution is -0.385. The van der Waals surface area contributed by atoms with Gasteiger partial charge in [-0.25, -0.2) is 4.98 Å². The Bertz CT molecular complexity index is 639. The maximum Gasteiger partial charge on any atom is 0.311 e. The summed E-state index contributed by atoms with van der Waals surface area (Å²) in [6.45, 7) is 0. The molecule has 2 rings (SSSR count). The molecule has 0 fully saturated rings. The third kappa shape index (κ3) is 1.56. The van der Waals surface area contributed by atoms with E-state index in [0.29, 0.717) is 0 Å². The van der Waals surface area contributed by atoms with Crippen molar-refractivity contribution >= 4 is 16.6 Å². The Balaban J connectivity index is 2.92. The van der Waals surface area contributed by atoms with E-state index in [1.54, 1.807) is 0 Å². The summed E-state index contributed by atoms with van der Waals surface area (Å²) in [5.41, 5.74) is -0.658. The van der Waals surface area contributed by atoms with Crippen LogP contribution in [0.5, 0.6) is 5.75 Å². The molecule has 1 heterocycles. The Labute approximate surface area is 89.0 Å². The number of hydrogen-bond acceptors (Lipinski definition) is 5. The van der Waals surface area contributed by atoms with Crippen LogP contribution in [0.25, 0.3) is 10.9 Å². The number of nitro groups is 1. The van der Waals surface area contributed by atoms with E-state index in [4.69, 9.17) is 0 Å². The monoisotopic (exact) mass is 218 g/mol. The maximum atomic E-state index is 11.1. The van der Waals surface area contributed by atoms with Crippen LogP contribution in [0, 0.1) is 10.1 Å². The second kappa shape index (κ2) is 3.58. The predicted octanol–water partition coefficient (Wildman–Crippen LogP) is 1.21. The second-order valence-electron chi connectivity index (χ2n) is 3.10. The molecular weight excluding hydrogens is 212 g/mol. The number of aromatic hydroxyl groups is 1. The van der Waals surface area contributed by atoms with Crippen LogP contribution in [-0.4, -0.2) is 15.0 Å². The second-order valence-corrected chi connectivity index (χ2v) is 3.10. The Morgan fingerprint density at radius 1 is 1.25 bits per heavy atom. The van der Waals surface area contributed by atoms with Crippen molar-refractivity contribution in [1.82, 2.24) is 4.98 Å². The summed E-state index contributed by atoms with van der Waals surface area (Å²) in [6.07, 6.45) is 0. The Morgan fingerprint density at radius 2 is 2.00 bits per heavy atom. The zero-order valence-corrected chi connectivity index (χ0v) is 7.95. The number of nitrogens with zero attached hydrogens (tertiary/aromatic N) is 2. The van der Waals surface area contributed by atoms with Crippen molar-refractivity contribution < 1.29 is 10.0 Å². The Kier molecular flexibility index (Phi) is 2.24. The smallest absolute Gasteiger partial charge is 0.311 e. The Morgan fingerprint density at radius 3 is 2.69 bits per heavy atom. The average molecular weight is 218 g/mol. The molecule has 6 nitrogen and oxygen atoms in total. The molecule has 0 aliphatic heterocycles. The van der Waals surface area contributed by atoms with E-state index >= 15 is 0 Å². The minimum Gasteiger partial charge on any atom is -0.502 e. The van der Waals surface area contributed by atoms with Crippen molar-refractivity contribution in [2.75, 3.05) is 0 Å². The molecular formula is C10H6N2O4. The lowest BCUT2D eigenvalue weighted by atomic mass is 10.2. The van der Waals surface area contributed by atoms with Crippen LogP contribution in [0.2, 0.25) is 0 Å². The summed E-state index contributed by atoms with van der Waals surface area (Å²) in [4.78, 5) is 24.6. The van der Waals surface area contributed by atoms with E-state index in [0.717, 1.165) is 6.07 Å². The summed E-state index contributed by atoms with van der Waals surface area (Å²) in [5, 5.41) is 20.4. The van der Waals surface area contributed by atoms with Gasteiger partial charge in [0.1, 0.15) is 0 Å². The van der Waals surface area contributed by atoms with E-state index in [9.17, 15) is 20.0 Å². The van der Waals surface area contributed by atoms with Crippen LogP contribution in [0.15, 0.2) is 35.1 Å². The molecule has 0 amide bonds. The van der Waals surface area contributed by atoms with Crippen molar-refractivity contribution in [2.24, 2.45) is 0 Å². The molecule has 0 unspecified atom stereocenters. The van der Waals surface area contributed by atoms with Gasteiger partial charge in [-0.15, -0.1) is 0 Å². The van der Waals surface area contributed by atoms with Crippen molar-refractivity contribution in [3.63, 3.8) is 0 Å². The zero-order valence-electron chi connectivity index (χ0n) is 7.95. The molecule has 0 aliphatic rings. The number of fused-ring (bicyclic) bond motifs is 1. The van der Waals surface area contributed by atoms with Gasteiger partial charge in [-0.2, -0.15) is 0 Å². The molecule has 0 bridgehead atoms. The molecule has 0 saturated heterocycles. The molecule has 2 aromatic rings. The fourth-order valence-electron chi connectivity index (χ4n) is 1.38. The van der Waals surface area contributed by atoms with E-state index in [2.05, 4.69) is 4.98 Å².